The predicted molar refractivity (Wildman–Crippen MR) is 122 cm³/mol. The number of hydrogen-bond acceptors (Lipinski definition) is 5. The van der Waals surface area contributed by atoms with Gasteiger partial charge >= 0.3 is 0 Å². The summed E-state index contributed by atoms with van der Waals surface area (Å²) in [5.41, 5.74) is 0.573. The van der Waals surface area contributed by atoms with Crippen molar-refractivity contribution < 1.29 is 19.4 Å². The maximum absolute atomic E-state index is 13.1. The summed E-state index contributed by atoms with van der Waals surface area (Å²) < 4.78 is 12.6. The molecule has 0 aliphatic carbocycles. The third-order valence-electron chi connectivity index (χ3n) is 7.95. The van der Waals surface area contributed by atoms with Crippen LogP contribution in [0.3, 0.4) is 0 Å². The van der Waals surface area contributed by atoms with E-state index in [9.17, 15) is 9.90 Å². The lowest BCUT2D eigenvalue weighted by Gasteiger charge is -2.39. The number of fused-ring (bicyclic) bond motifs is 1. The molecule has 3 aliphatic heterocycles. The lowest BCUT2D eigenvalue weighted by atomic mass is 9.74. The fourth-order valence-corrected chi connectivity index (χ4v) is 5.70. The highest BCUT2D eigenvalue weighted by Crippen LogP contribution is 2.49. The average Bonchev–Trinajstić information content (AvgIpc) is 3.39. The molecule has 0 radical (unpaired) electrons. The molecule has 0 unspecified atom stereocenters. The molecule has 1 N–H and O–H groups in total. The first kappa shape index (κ1) is 21.8. The molecular weight excluding hydrogens is 404 g/mol. The van der Waals surface area contributed by atoms with Gasteiger partial charge in [-0.05, 0) is 82.6 Å². The number of amides is 1. The summed E-state index contributed by atoms with van der Waals surface area (Å²) in [5.74, 6) is 0.0974. The predicted octanol–water partition coefficient (Wildman–Crippen LogP) is 3.95. The summed E-state index contributed by atoms with van der Waals surface area (Å²) >= 11 is 0. The molecule has 3 atom stereocenters. The van der Waals surface area contributed by atoms with Crippen LogP contribution in [0.15, 0.2) is 36.5 Å². The smallest absolute Gasteiger partial charge is 0.253 e. The molecule has 172 valence electrons. The zero-order chi connectivity index (χ0) is 22.6. The number of aliphatic hydroxyl groups is 1. The van der Waals surface area contributed by atoms with Gasteiger partial charge in [0.2, 0.25) is 0 Å². The molecule has 0 bridgehead atoms. The van der Waals surface area contributed by atoms with Crippen molar-refractivity contribution in [2.75, 3.05) is 19.7 Å². The molecular formula is C26H34N2O4. The minimum absolute atomic E-state index is 0.0464. The summed E-state index contributed by atoms with van der Waals surface area (Å²) in [6.07, 6.45) is 6.30. The van der Waals surface area contributed by atoms with Crippen LogP contribution in [-0.4, -0.2) is 64.0 Å². The molecule has 3 saturated heterocycles. The van der Waals surface area contributed by atoms with Gasteiger partial charge in [0.25, 0.3) is 5.91 Å². The van der Waals surface area contributed by atoms with Crippen molar-refractivity contribution in [2.24, 2.45) is 5.41 Å². The Balaban J connectivity index is 1.21. The van der Waals surface area contributed by atoms with Crippen LogP contribution in [0.2, 0.25) is 0 Å². The van der Waals surface area contributed by atoms with Crippen LogP contribution < -0.4 is 0 Å². The molecule has 2 aromatic rings. The monoisotopic (exact) mass is 438 g/mol. The number of rotatable bonds is 3. The van der Waals surface area contributed by atoms with Gasteiger partial charge in [0.05, 0.1) is 35.5 Å². The van der Waals surface area contributed by atoms with Gasteiger partial charge in [-0.2, -0.15) is 0 Å². The van der Waals surface area contributed by atoms with Crippen LogP contribution in [0.25, 0.3) is 10.9 Å². The SMILES string of the molecule is CC(C)(O)[C@@H]1CC[C@](C)([C@@H]2CC3(CCN(C(=O)c4ccc5ncccc5c4)CC3)CO2)O1. The Morgan fingerprint density at radius 1 is 1.22 bits per heavy atom. The Hall–Kier alpha value is -2.02. The Morgan fingerprint density at radius 3 is 2.72 bits per heavy atom. The molecule has 1 aromatic carbocycles. The Labute approximate surface area is 189 Å². The maximum Gasteiger partial charge on any atom is 0.253 e. The van der Waals surface area contributed by atoms with Crippen LogP contribution in [0, 0.1) is 5.41 Å². The number of hydrogen-bond donors (Lipinski definition) is 1. The van der Waals surface area contributed by atoms with Crippen molar-refractivity contribution in [3.8, 4) is 0 Å². The number of ether oxygens (including phenoxy) is 2. The average molecular weight is 439 g/mol. The van der Waals surface area contributed by atoms with Gasteiger partial charge in [-0.1, -0.05) is 6.07 Å². The van der Waals surface area contributed by atoms with Crippen LogP contribution >= 0.6 is 0 Å². The molecule has 4 heterocycles. The quantitative estimate of drug-likeness (QED) is 0.786. The van der Waals surface area contributed by atoms with Gasteiger partial charge in [0, 0.05) is 30.2 Å². The van der Waals surface area contributed by atoms with Crippen LogP contribution in [0.1, 0.15) is 63.2 Å². The first-order valence-corrected chi connectivity index (χ1v) is 11.8. The van der Waals surface area contributed by atoms with E-state index in [0.29, 0.717) is 0 Å². The summed E-state index contributed by atoms with van der Waals surface area (Å²) in [5, 5.41) is 11.4. The summed E-state index contributed by atoms with van der Waals surface area (Å²) in [6.45, 7) is 8.01. The molecule has 0 saturated carbocycles. The van der Waals surface area contributed by atoms with E-state index in [1.54, 1.807) is 6.20 Å². The molecule has 1 amide bonds. The molecule has 32 heavy (non-hydrogen) atoms. The first-order chi connectivity index (χ1) is 15.2. The fraction of sp³-hybridized carbons (Fsp3) is 0.615. The molecule has 6 heteroatoms. The van der Waals surface area contributed by atoms with Crippen molar-refractivity contribution in [3.63, 3.8) is 0 Å². The molecule has 3 aliphatic rings. The number of piperidine rings is 1. The second-order valence-electron chi connectivity index (χ2n) is 10.8. The second kappa shape index (κ2) is 7.79. The Bertz CT molecular complexity index is 1010. The van der Waals surface area contributed by atoms with E-state index < -0.39 is 5.60 Å². The van der Waals surface area contributed by atoms with Gasteiger partial charge in [0.15, 0.2) is 0 Å². The maximum atomic E-state index is 13.1. The molecule has 6 nitrogen and oxygen atoms in total. The molecule has 5 rings (SSSR count). The van der Waals surface area contributed by atoms with Crippen molar-refractivity contribution in [1.29, 1.82) is 0 Å². The summed E-state index contributed by atoms with van der Waals surface area (Å²) in [7, 11) is 0. The highest BCUT2D eigenvalue weighted by Gasteiger charge is 2.53. The largest absolute Gasteiger partial charge is 0.388 e. The number of aromatic nitrogens is 1. The zero-order valence-electron chi connectivity index (χ0n) is 19.3. The minimum atomic E-state index is -0.835. The highest BCUT2D eigenvalue weighted by molar-refractivity contribution is 5.98. The summed E-state index contributed by atoms with van der Waals surface area (Å²) in [6, 6.07) is 9.65. The van der Waals surface area contributed by atoms with Crippen molar-refractivity contribution in [1.82, 2.24) is 9.88 Å². The minimum Gasteiger partial charge on any atom is -0.388 e. The molecule has 3 fully saturated rings. The lowest BCUT2D eigenvalue weighted by molar-refractivity contribution is -0.155. The third kappa shape index (κ3) is 3.93. The van der Waals surface area contributed by atoms with Gasteiger partial charge in [-0.25, -0.2) is 0 Å². The highest BCUT2D eigenvalue weighted by atomic mass is 16.6. The fourth-order valence-electron chi connectivity index (χ4n) is 5.70. The van der Waals surface area contributed by atoms with Crippen LogP contribution in [-0.2, 0) is 9.47 Å². The number of nitrogens with zero attached hydrogens (tertiary/aromatic N) is 2. The van der Waals surface area contributed by atoms with Gasteiger partial charge < -0.3 is 19.5 Å². The number of likely N-dealkylation sites (tertiary alicyclic amines) is 1. The van der Waals surface area contributed by atoms with E-state index in [4.69, 9.17) is 9.47 Å². The second-order valence-corrected chi connectivity index (χ2v) is 10.8. The lowest BCUT2D eigenvalue weighted by Crippen LogP contribution is -2.45. The van der Waals surface area contributed by atoms with Crippen molar-refractivity contribution in [3.05, 3.63) is 42.1 Å². The number of benzene rings is 1. The number of carbonyl (C=O) groups excluding carboxylic acids is 1. The Kier molecular flexibility index (Phi) is 5.31. The van der Waals surface area contributed by atoms with Gasteiger partial charge in [-0.3, -0.25) is 9.78 Å². The van der Waals surface area contributed by atoms with E-state index in [0.717, 1.165) is 68.3 Å². The molecule has 1 aromatic heterocycles. The van der Waals surface area contributed by atoms with Crippen molar-refractivity contribution in [2.45, 2.75) is 76.3 Å². The van der Waals surface area contributed by atoms with E-state index >= 15 is 0 Å². The van der Waals surface area contributed by atoms with Gasteiger partial charge in [-0.15, -0.1) is 0 Å². The van der Waals surface area contributed by atoms with E-state index in [2.05, 4.69) is 11.9 Å². The van der Waals surface area contributed by atoms with Crippen LogP contribution in [0.5, 0.6) is 0 Å². The van der Waals surface area contributed by atoms with E-state index in [1.165, 1.54) is 0 Å². The van der Waals surface area contributed by atoms with Crippen molar-refractivity contribution >= 4 is 16.8 Å². The standard InChI is InChI=1S/C26H34N2O4/c1-24(2,30)21-8-9-25(3,32-21)22-16-26(17-31-22)10-13-28(14-11-26)23(29)19-6-7-20-18(15-19)5-4-12-27-20/h4-7,12,15,21-22,30H,8-11,13-14,16-17H2,1-3H3/t21-,22-,25+/m0/s1. The molecule has 1 spiro atoms. The zero-order valence-corrected chi connectivity index (χ0v) is 19.3. The third-order valence-corrected chi connectivity index (χ3v) is 7.95. The van der Waals surface area contributed by atoms with E-state index in [1.807, 2.05) is 49.1 Å². The Morgan fingerprint density at radius 2 is 2.00 bits per heavy atom. The number of pyridine rings is 1. The summed E-state index contributed by atoms with van der Waals surface area (Å²) in [4.78, 5) is 19.5. The topological polar surface area (TPSA) is 71.9 Å². The van der Waals surface area contributed by atoms with E-state index in [-0.39, 0.29) is 29.1 Å². The van der Waals surface area contributed by atoms with Crippen LogP contribution in [0.4, 0.5) is 0 Å². The normalized spacial score (nSPS) is 30.3. The van der Waals surface area contributed by atoms with Gasteiger partial charge in [0.1, 0.15) is 0 Å². The number of carbonyl (C=O) groups is 1. The first-order valence-electron chi connectivity index (χ1n) is 11.8.